The predicted octanol–water partition coefficient (Wildman–Crippen LogP) is 0.935. The molecular weight excluding hydrogens is 196 g/mol. The topological polar surface area (TPSA) is 55.8 Å². The molecule has 0 saturated carbocycles. The van der Waals surface area contributed by atoms with Gasteiger partial charge in [-0.25, -0.2) is 4.79 Å². The number of aliphatic hydroxyl groups excluding tert-OH is 1. The van der Waals surface area contributed by atoms with E-state index < -0.39 is 18.4 Å². The molecule has 0 aromatic carbocycles. The van der Waals surface area contributed by atoms with Crippen molar-refractivity contribution in [2.24, 2.45) is 0 Å². The van der Waals surface area contributed by atoms with Gasteiger partial charge in [0.05, 0.1) is 5.57 Å². The van der Waals surface area contributed by atoms with Crippen molar-refractivity contribution in [2.75, 3.05) is 7.11 Å². The number of allylic oxidation sites excluding steroid dienone is 3. The number of ether oxygens (including phenoxy) is 2. The molecule has 2 unspecified atom stereocenters. The van der Waals surface area contributed by atoms with Gasteiger partial charge in [0.2, 0.25) is 6.29 Å². The van der Waals surface area contributed by atoms with Crippen molar-refractivity contribution in [3.63, 3.8) is 0 Å². The molecule has 1 N–H and O–H groups in total. The molecule has 0 spiro atoms. The highest BCUT2D eigenvalue weighted by Gasteiger charge is 2.36. The first kappa shape index (κ1) is 11.7. The molecule has 4 nitrogen and oxygen atoms in total. The van der Waals surface area contributed by atoms with Gasteiger partial charge in [-0.3, -0.25) is 0 Å². The monoisotopic (exact) mass is 210 g/mol. The predicted molar refractivity (Wildman–Crippen MR) is 54.9 cm³/mol. The summed E-state index contributed by atoms with van der Waals surface area (Å²) in [6, 6.07) is 0. The van der Waals surface area contributed by atoms with Crippen LogP contribution in [0.4, 0.5) is 0 Å². The van der Waals surface area contributed by atoms with Crippen LogP contribution >= 0.6 is 0 Å². The highest BCUT2D eigenvalue weighted by Crippen LogP contribution is 2.26. The van der Waals surface area contributed by atoms with E-state index in [1.807, 2.05) is 0 Å². The van der Waals surface area contributed by atoms with E-state index in [9.17, 15) is 9.90 Å². The first-order valence-corrected chi connectivity index (χ1v) is 4.56. The maximum atomic E-state index is 11.5. The fourth-order valence-corrected chi connectivity index (χ4v) is 1.44. The first-order valence-electron chi connectivity index (χ1n) is 4.56. The highest BCUT2D eigenvalue weighted by molar-refractivity contribution is 5.95. The Hall–Kier alpha value is -1.39. The number of aliphatic hydroxyl groups is 1. The number of hydrogen-bond acceptors (Lipinski definition) is 4. The number of rotatable bonds is 2. The summed E-state index contributed by atoms with van der Waals surface area (Å²) < 4.78 is 9.72. The third kappa shape index (κ3) is 2.16. The second-order valence-corrected chi connectivity index (χ2v) is 3.01. The van der Waals surface area contributed by atoms with Crippen LogP contribution < -0.4 is 0 Å². The zero-order chi connectivity index (χ0) is 11.4. The van der Waals surface area contributed by atoms with Gasteiger partial charge >= 0.3 is 5.97 Å². The number of carbonyl (C=O) groups excluding carboxylic acids is 1. The Labute approximate surface area is 88.5 Å². The summed E-state index contributed by atoms with van der Waals surface area (Å²) in [4.78, 5) is 11.5. The Balaban J connectivity index is 3.08. The van der Waals surface area contributed by atoms with Gasteiger partial charge in [-0.15, -0.1) is 0 Å². The van der Waals surface area contributed by atoms with Crippen LogP contribution in [0.2, 0.25) is 0 Å². The van der Waals surface area contributed by atoms with E-state index in [4.69, 9.17) is 9.47 Å². The Morgan fingerprint density at radius 2 is 2.27 bits per heavy atom. The Kier molecular flexibility index (Phi) is 3.82. The summed E-state index contributed by atoms with van der Waals surface area (Å²) in [6.07, 6.45) is 2.74. The maximum absolute atomic E-state index is 11.5. The molecule has 0 aliphatic carbocycles. The number of carbonyl (C=O) groups is 1. The van der Waals surface area contributed by atoms with Gasteiger partial charge in [0.15, 0.2) is 0 Å². The average Bonchev–Trinajstić information content (AvgIpc) is 2.23. The zero-order valence-electron chi connectivity index (χ0n) is 8.77. The molecule has 15 heavy (non-hydrogen) atoms. The van der Waals surface area contributed by atoms with Crippen molar-refractivity contribution in [1.82, 2.24) is 0 Å². The number of esters is 1. The van der Waals surface area contributed by atoms with Crippen molar-refractivity contribution in [3.8, 4) is 0 Å². The Bertz CT molecular complexity index is 327. The molecule has 0 aromatic rings. The van der Waals surface area contributed by atoms with E-state index in [2.05, 4.69) is 6.58 Å². The molecule has 82 valence electrons. The molecule has 1 rings (SSSR count). The third-order valence-corrected chi connectivity index (χ3v) is 2.16. The Morgan fingerprint density at radius 3 is 2.73 bits per heavy atom. The van der Waals surface area contributed by atoms with Gasteiger partial charge in [-0.2, -0.15) is 0 Å². The third-order valence-electron chi connectivity index (χ3n) is 2.16. The first-order chi connectivity index (χ1) is 7.15. The Morgan fingerprint density at radius 1 is 1.60 bits per heavy atom. The normalized spacial score (nSPS) is 31.8. The van der Waals surface area contributed by atoms with Crippen LogP contribution in [0.25, 0.3) is 0 Å². The molecule has 0 aromatic heterocycles. The SMILES string of the molecule is C=C/C=C1/C(=O)OC(OC)C(O)/C1=C/C. The molecule has 4 heteroatoms. The second kappa shape index (κ2) is 4.91. The highest BCUT2D eigenvalue weighted by atomic mass is 16.7. The lowest BCUT2D eigenvalue weighted by Crippen LogP contribution is -2.41. The van der Waals surface area contributed by atoms with Gasteiger partial charge < -0.3 is 14.6 Å². The molecule has 1 saturated heterocycles. The summed E-state index contributed by atoms with van der Waals surface area (Å²) in [6.45, 7) is 5.23. The fourth-order valence-electron chi connectivity index (χ4n) is 1.44. The minimum Gasteiger partial charge on any atom is -0.429 e. The van der Waals surface area contributed by atoms with Crippen LogP contribution in [-0.4, -0.2) is 30.6 Å². The quantitative estimate of drug-likeness (QED) is 0.544. The van der Waals surface area contributed by atoms with Crippen LogP contribution in [0.5, 0.6) is 0 Å². The molecule has 1 heterocycles. The van der Waals surface area contributed by atoms with Crippen molar-refractivity contribution in [1.29, 1.82) is 0 Å². The lowest BCUT2D eigenvalue weighted by atomic mass is 9.97. The summed E-state index contributed by atoms with van der Waals surface area (Å²) in [7, 11) is 1.37. The van der Waals surface area contributed by atoms with Crippen molar-refractivity contribution < 1.29 is 19.4 Å². The lowest BCUT2D eigenvalue weighted by molar-refractivity contribution is -0.192. The van der Waals surface area contributed by atoms with Crippen LogP contribution in [0.15, 0.2) is 36.0 Å². The minimum absolute atomic E-state index is 0.313. The van der Waals surface area contributed by atoms with E-state index in [-0.39, 0.29) is 0 Å². The summed E-state index contributed by atoms with van der Waals surface area (Å²) in [5, 5.41) is 9.80. The van der Waals surface area contributed by atoms with E-state index in [1.165, 1.54) is 19.3 Å². The number of hydrogen-bond donors (Lipinski definition) is 1. The summed E-state index contributed by atoms with van der Waals surface area (Å²) in [5.74, 6) is -0.514. The molecule has 0 radical (unpaired) electrons. The van der Waals surface area contributed by atoms with Crippen molar-refractivity contribution >= 4 is 5.97 Å². The molecule has 0 amide bonds. The molecule has 1 aliphatic heterocycles. The van der Waals surface area contributed by atoms with Crippen LogP contribution in [-0.2, 0) is 14.3 Å². The molecule has 0 bridgehead atoms. The van der Waals surface area contributed by atoms with Crippen LogP contribution in [0, 0.1) is 0 Å². The van der Waals surface area contributed by atoms with E-state index in [0.717, 1.165) is 0 Å². The maximum Gasteiger partial charge on any atom is 0.340 e. The van der Waals surface area contributed by atoms with Gasteiger partial charge in [-0.1, -0.05) is 18.7 Å². The van der Waals surface area contributed by atoms with Gasteiger partial charge in [0, 0.05) is 7.11 Å². The van der Waals surface area contributed by atoms with Gasteiger partial charge in [-0.05, 0) is 18.6 Å². The summed E-state index contributed by atoms with van der Waals surface area (Å²) in [5.41, 5.74) is 0.811. The van der Waals surface area contributed by atoms with Crippen molar-refractivity contribution in [2.45, 2.75) is 19.3 Å². The molecule has 1 fully saturated rings. The lowest BCUT2D eigenvalue weighted by Gasteiger charge is -2.29. The van der Waals surface area contributed by atoms with Crippen LogP contribution in [0.3, 0.4) is 0 Å². The minimum atomic E-state index is -0.955. The smallest absolute Gasteiger partial charge is 0.340 e. The average molecular weight is 210 g/mol. The van der Waals surface area contributed by atoms with E-state index >= 15 is 0 Å². The van der Waals surface area contributed by atoms with E-state index in [1.54, 1.807) is 13.0 Å². The second-order valence-electron chi connectivity index (χ2n) is 3.01. The standard InChI is InChI=1S/C11H14O4/c1-4-6-8-7(5-2)9(12)11(14-3)15-10(8)13/h4-6,9,11-12H,1H2,2-3H3/b7-5+,8-6+. The number of methoxy groups -OCH3 is 1. The zero-order valence-corrected chi connectivity index (χ0v) is 8.77. The van der Waals surface area contributed by atoms with Gasteiger partial charge in [0.25, 0.3) is 0 Å². The number of cyclic esters (lactones) is 1. The van der Waals surface area contributed by atoms with Gasteiger partial charge in [0.1, 0.15) is 6.10 Å². The molecule has 2 atom stereocenters. The van der Waals surface area contributed by atoms with Crippen molar-refractivity contribution in [3.05, 3.63) is 36.0 Å². The fraction of sp³-hybridized carbons (Fsp3) is 0.364. The molecule has 1 aliphatic rings. The van der Waals surface area contributed by atoms with E-state index in [0.29, 0.717) is 11.1 Å². The summed E-state index contributed by atoms with van der Waals surface area (Å²) >= 11 is 0. The van der Waals surface area contributed by atoms with Crippen LogP contribution in [0.1, 0.15) is 6.92 Å². The molecular formula is C11H14O4. The largest absolute Gasteiger partial charge is 0.429 e.